The molecule has 0 radical (unpaired) electrons. The van der Waals surface area contributed by atoms with Crippen LogP contribution in [0.2, 0.25) is 0 Å². The number of ketones is 2. The largest absolute Gasteiger partial charge is 0.481 e. The van der Waals surface area contributed by atoms with Gasteiger partial charge >= 0.3 is 17.9 Å². The van der Waals surface area contributed by atoms with E-state index in [1.54, 1.807) is 33.8 Å². The number of carboxylic acid groups (broad SMARTS) is 2. The maximum Gasteiger partial charge on any atom is 0.313 e. The fraction of sp³-hybridized carbons (Fsp3) is 0.719. The molecule has 0 aromatic carbocycles. The number of esters is 1. The Bertz CT molecular complexity index is 1260. The number of carbonyl (C=O) groups excluding carboxylic acids is 3. The molecule has 3 rings (SSSR count). The molecule has 8 unspecified atom stereocenters. The van der Waals surface area contributed by atoms with E-state index in [1.807, 2.05) is 6.92 Å². The lowest BCUT2D eigenvalue weighted by Gasteiger charge is -2.63. The van der Waals surface area contributed by atoms with Crippen LogP contribution in [0, 0.1) is 39.4 Å². The van der Waals surface area contributed by atoms with Gasteiger partial charge in [-0.05, 0) is 76.4 Å². The standard InChI is InChI=1S/C32H46O10/c1-17(33)42-27(2,3)13-12-22(35)32(9,41)25-20(34)15-29(6)21-11-10-18(28(4,5)26(39)40)19(14-24(37)38)31(21,8)23(36)16-30(25,29)7/h10,12-13,19-21,25,34,41H,11,14-16H2,1-9H3,(H,37,38)(H,39,40). The van der Waals surface area contributed by atoms with E-state index in [4.69, 9.17) is 4.74 Å². The highest BCUT2D eigenvalue weighted by molar-refractivity contribution is 5.97. The van der Waals surface area contributed by atoms with E-state index in [2.05, 4.69) is 0 Å². The van der Waals surface area contributed by atoms with Crippen molar-refractivity contribution in [3.8, 4) is 0 Å². The quantitative estimate of drug-likeness (QED) is 0.176. The number of fused-ring (bicyclic) bond motifs is 3. The van der Waals surface area contributed by atoms with E-state index in [9.17, 15) is 44.4 Å². The summed E-state index contributed by atoms with van der Waals surface area (Å²) in [6.07, 6.45) is 2.95. The van der Waals surface area contributed by atoms with Crippen LogP contribution in [0.15, 0.2) is 23.8 Å². The molecule has 3 aliphatic carbocycles. The number of Topliss-reactive ketones (excluding diaryl/α,β-unsaturated/α-hetero) is 1. The number of aliphatic hydroxyl groups is 2. The summed E-state index contributed by atoms with van der Waals surface area (Å²) in [4.78, 5) is 63.5. The molecule has 0 bridgehead atoms. The van der Waals surface area contributed by atoms with Gasteiger partial charge in [0.1, 0.15) is 17.0 Å². The second-order valence-electron chi connectivity index (χ2n) is 14.5. The number of carbonyl (C=O) groups is 5. The Balaban J connectivity index is 2.12. The van der Waals surface area contributed by atoms with Crippen molar-refractivity contribution in [2.24, 2.45) is 39.4 Å². The van der Waals surface area contributed by atoms with Gasteiger partial charge in [0, 0.05) is 30.6 Å². The molecule has 8 atom stereocenters. The molecule has 234 valence electrons. The van der Waals surface area contributed by atoms with Crippen molar-refractivity contribution in [2.45, 2.75) is 105 Å². The summed E-state index contributed by atoms with van der Waals surface area (Å²) in [6.45, 7) is 14.2. The first-order valence-electron chi connectivity index (χ1n) is 14.4. The van der Waals surface area contributed by atoms with Crippen LogP contribution in [0.5, 0.6) is 0 Å². The molecule has 10 nitrogen and oxygen atoms in total. The average molecular weight is 591 g/mol. The predicted molar refractivity (Wildman–Crippen MR) is 152 cm³/mol. The van der Waals surface area contributed by atoms with Gasteiger partial charge in [0.15, 0.2) is 5.78 Å². The lowest BCUT2D eigenvalue weighted by Crippen LogP contribution is -2.64. The Morgan fingerprint density at radius 3 is 2.12 bits per heavy atom. The first-order chi connectivity index (χ1) is 18.9. The molecule has 0 heterocycles. The summed E-state index contributed by atoms with van der Waals surface area (Å²) in [5.74, 6) is -6.23. The summed E-state index contributed by atoms with van der Waals surface area (Å²) in [5, 5.41) is 43.1. The van der Waals surface area contributed by atoms with Gasteiger partial charge < -0.3 is 25.2 Å². The molecule has 2 fully saturated rings. The molecule has 0 aliphatic heterocycles. The number of aliphatic carboxylic acids is 2. The Labute approximate surface area is 247 Å². The molecule has 10 heteroatoms. The monoisotopic (exact) mass is 590 g/mol. The number of hydrogen-bond acceptors (Lipinski definition) is 8. The minimum Gasteiger partial charge on any atom is -0.481 e. The normalized spacial score (nSPS) is 36.5. The van der Waals surface area contributed by atoms with Crippen molar-refractivity contribution in [2.75, 3.05) is 0 Å². The minimum absolute atomic E-state index is 0.138. The molecule has 0 spiro atoms. The van der Waals surface area contributed by atoms with Crippen LogP contribution in [0.4, 0.5) is 0 Å². The third-order valence-electron chi connectivity index (χ3n) is 11.1. The van der Waals surface area contributed by atoms with Crippen LogP contribution >= 0.6 is 0 Å². The number of rotatable bonds is 9. The molecular weight excluding hydrogens is 544 g/mol. The highest BCUT2D eigenvalue weighted by atomic mass is 16.6. The summed E-state index contributed by atoms with van der Waals surface area (Å²) in [7, 11) is 0. The number of carboxylic acids is 2. The van der Waals surface area contributed by atoms with E-state index in [-0.39, 0.29) is 25.0 Å². The zero-order valence-corrected chi connectivity index (χ0v) is 26.1. The fourth-order valence-corrected chi connectivity index (χ4v) is 8.76. The molecule has 0 aromatic heterocycles. The maximum absolute atomic E-state index is 14.3. The van der Waals surface area contributed by atoms with Gasteiger partial charge in [-0.1, -0.05) is 32.4 Å². The zero-order valence-electron chi connectivity index (χ0n) is 26.1. The van der Waals surface area contributed by atoms with Gasteiger partial charge in [0.25, 0.3) is 0 Å². The van der Waals surface area contributed by atoms with E-state index in [0.717, 1.165) is 6.08 Å². The number of aliphatic hydroxyl groups excluding tert-OH is 1. The van der Waals surface area contributed by atoms with Crippen LogP contribution in [0.1, 0.15) is 88.0 Å². The fourth-order valence-electron chi connectivity index (χ4n) is 8.76. The van der Waals surface area contributed by atoms with Crippen molar-refractivity contribution >= 4 is 29.5 Å². The molecule has 3 aliphatic rings. The van der Waals surface area contributed by atoms with E-state index in [0.29, 0.717) is 5.57 Å². The van der Waals surface area contributed by atoms with Crippen molar-refractivity contribution in [3.63, 3.8) is 0 Å². The Morgan fingerprint density at radius 2 is 1.62 bits per heavy atom. The lowest BCUT2D eigenvalue weighted by molar-refractivity contribution is -0.182. The van der Waals surface area contributed by atoms with E-state index < -0.39 is 86.8 Å². The summed E-state index contributed by atoms with van der Waals surface area (Å²) in [6, 6.07) is 0. The number of allylic oxidation sites excluding steroid dienone is 1. The molecule has 0 saturated heterocycles. The van der Waals surface area contributed by atoms with E-state index in [1.165, 1.54) is 33.8 Å². The van der Waals surface area contributed by atoms with Gasteiger partial charge in [-0.25, -0.2) is 0 Å². The van der Waals surface area contributed by atoms with Gasteiger partial charge in [0.2, 0.25) is 0 Å². The second-order valence-corrected chi connectivity index (χ2v) is 14.5. The molecule has 42 heavy (non-hydrogen) atoms. The van der Waals surface area contributed by atoms with Crippen LogP contribution in [0.25, 0.3) is 0 Å². The van der Waals surface area contributed by atoms with Crippen LogP contribution in [0.3, 0.4) is 0 Å². The Hall–Kier alpha value is -2.85. The smallest absolute Gasteiger partial charge is 0.313 e. The van der Waals surface area contributed by atoms with Gasteiger partial charge in [-0.3, -0.25) is 24.0 Å². The number of hydrogen-bond donors (Lipinski definition) is 4. The van der Waals surface area contributed by atoms with Gasteiger partial charge in [0.05, 0.1) is 17.9 Å². The third kappa shape index (κ3) is 5.04. The summed E-state index contributed by atoms with van der Waals surface area (Å²) < 4.78 is 5.20. The van der Waals surface area contributed by atoms with Crippen molar-refractivity contribution in [1.82, 2.24) is 0 Å². The zero-order chi connectivity index (χ0) is 32.4. The molecule has 0 amide bonds. The molecule has 0 aromatic rings. The summed E-state index contributed by atoms with van der Waals surface area (Å²) >= 11 is 0. The van der Waals surface area contributed by atoms with Crippen molar-refractivity contribution < 1.29 is 49.1 Å². The highest BCUT2D eigenvalue weighted by Gasteiger charge is 2.74. The number of ether oxygens (including phenoxy) is 1. The maximum atomic E-state index is 14.3. The van der Waals surface area contributed by atoms with E-state index >= 15 is 0 Å². The highest BCUT2D eigenvalue weighted by Crippen LogP contribution is 2.73. The van der Waals surface area contributed by atoms with Crippen LogP contribution < -0.4 is 0 Å². The second kappa shape index (κ2) is 10.4. The first kappa shape index (κ1) is 33.6. The van der Waals surface area contributed by atoms with Crippen molar-refractivity contribution in [3.05, 3.63) is 23.8 Å². The van der Waals surface area contributed by atoms with Crippen LogP contribution in [-0.2, 0) is 28.7 Å². The lowest BCUT2D eigenvalue weighted by atomic mass is 9.39. The van der Waals surface area contributed by atoms with Crippen molar-refractivity contribution in [1.29, 1.82) is 0 Å². The van der Waals surface area contributed by atoms with Gasteiger partial charge in [-0.2, -0.15) is 0 Å². The minimum atomic E-state index is -2.09. The molecule has 4 N–H and O–H groups in total. The molecule has 2 saturated carbocycles. The third-order valence-corrected chi connectivity index (χ3v) is 11.1. The Morgan fingerprint density at radius 1 is 1.05 bits per heavy atom. The predicted octanol–water partition coefficient (Wildman–Crippen LogP) is 3.72. The average Bonchev–Trinajstić information content (AvgIpc) is 3.02. The topological polar surface area (TPSA) is 176 Å². The van der Waals surface area contributed by atoms with Gasteiger partial charge in [-0.15, -0.1) is 0 Å². The Kier molecular flexibility index (Phi) is 8.33. The van der Waals surface area contributed by atoms with Crippen LogP contribution in [-0.4, -0.2) is 67.2 Å². The SMILES string of the molecule is CC(=O)OC(C)(C)C=CC(=O)C(C)(O)C1C(O)CC2(C)C3CC=C(C(C)(C)C(=O)O)C(CC(=O)O)C3(C)C(=O)CC12C. The summed E-state index contributed by atoms with van der Waals surface area (Å²) in [5.41, 5.74) is -7.36. The first-order valence-corrected chi connectivity index (χ1v) is 14.4. The molecular formula is C32H46O10.